The second kappa shape index (κ2) is 12.5. The number of amides is 1. The molecule has 0 fully saturated rings. The normalized spacial score (nSPS) is 14.6. The fourth-order valence-corrected chi connectivity index (χ4v) is 6.58. The van der Waals surface area contributed by atoms with E-state index in [2.05, 4.69) is 9.62 Å². The van der Waals surface area contributed by atoms with Crippen LogP contribution < -0.4 is 19.3 Å². The SMILES string of the molecule is CCOc1ccc(NS(=O)(=O)c2ccc3c(c2)C(=O)N(c2ccc(C)cc2)[C@H](c2ccc(F)cc2)N3Cc2ccccc2)cc1. The zero-order valence-electron chi connectivity index (χ0n) is 24.9. The Kier molecular flexibility index (Phi) is 8.28. The number of benzene rings is 5. The highest BCUT2D eigenvalue weighted by molar-refractivity contribution is 7.92. The van der Waals surface area contributed by atoms with Crippen molar-refractivity contribution >= 4 is 33.0 Å². The highest BCUT2D eigenvalue weighted by Crippen LogP contribution is 2.43. The molecule has 0 saturated heterocycles. The number of carbonyl (C=O) groups excluding carboxylic acids is 1. The van der Waals surface area contributed by atoms with Crippen molar-refractivity contribution in [2.24, 2.45) is 0 Å². The number of ether oxygens (including phenoxy) is 1. The summed E-state index contributed by atoms with van der Waals surface area (Å²) in [6.45, 7) is 4.74. The lowest BCUT2D eigenvalue weighted by Gasteiger charge is -2.46. The van der Waals surface area contributed by atoms with Crippen molar-refractivity contribution in [2.75, 3.05) is 21.1 Å². The first-order chi connectivity index (χ1) is 21.7. The predicted octanol–water partition coefficient (Wildman–Crippen LogP) is 7.70. The number of halogens is 1. The zero-order chi connectivity index (χ0) is 31.6. The first-order valence-electron chi connectivity index (χ1n) is 14.6. The number of rotatable bonds is 9. The van der Waals surface area contributed by atoms with Gasteiger partial charge in [0, 0.05) is 17.9 Å². The summed E-state index contributed by atoms with van der Waals surface area (Å²) >= 11 is 0. The van der Waals surface area contributed by atoms with Gasteiger partial charge in [-0.15, -0.1) is 0 Å². The average Bonchev–Trinajstić information content (AvgIpc) is 3.04. The maximum atomic E-state index is 14.5. The average molecular weight is 622 g/mol. The summed E-state index contributed by atoms with van der Waals surface area (Å²) in [5, 5.41) is 0. The van der Waals surface area contributed by atoms with E-state index in [-0.39, 0.29) is 22.2 Å². The van der Waals surface area contributed by atoms with Gasteiger partial charge in [-0.05, 0) is 91.7 Å². The molecule has 9 heteroatoms. The Bertz CT molecular complexity index is 1920. The Morgan fingerprint density at radius 3 is 2.20 bits per heavy atom. The molecule has 7 nitrogen and oxygen atoms in total. The molecular formula is C36H32FN3O4S. The van der Waals surface area contributed by atoms with E-state index in [0.29, 0.717) is 41.5 Å². The molecule has 1 amide bonds. The van der Waals surface area contributed by atoms with E-state index in [4.69, 9.17) is 4.74 Å². The smallest absolute Gasteiger partial charge is 0.262 e. The molecule has 0 spiro atoms. The predicted molar refractivity (Wildman–Crippen MR) is 175 cm³/mol. The molecule has 0 aromatic heterocycles. The number of aryl methyl sites for hydroxylation is 1. The van der Waals surface area contributed by atoms with E-state index in [1.165, 1.54) is 24.3 Å². The van der Waals surface area contributed by atoms with Crippen LogP contribution in [0.5, 0.6) is 5.75 Å². The summed E-state index contributed by atoms with van der Waals surface area (Å²) < 4.78 is 49.3. The van der Waals surface area contributed by atoms with E-state index < -0.39 is 16.2 Å². The van der Waals surface area contributed by atoms with Crippen LogP contribution in [-0.4, -0.2) is 20.9 Å². The number of anilines is 3. The van der Waals surface area contributed by atoms with Gasteiger partial charge in [-0.1, -0.05) is 60.2 Å². The third-order valence-electron chi connectivity index (χ3n) is 7.67. The van der Waals surface area contributed by atoms with Gasteiger partial charge < -0.3 is 9.64 Å². The first-order valence-corrected chi connectivity index (χ1v) is 16.1. The largest absolute Gasteiger partial charge is 0.494 e. The van der Waals surface area contributed by atoms with Gasteiger partial charge in [-0.25, -0.2) is 12.8 Å². The number of carbonyl (C=O) groups is 1. The maximum absolute atomic E-state index is 14.5. The molecule has 228 valence electrons. The van der Waals surface area contributed by atoms with Gasteiger partial charge in [0.25, 0.3) is 15.9 Å². The fourth-order valence-electron chi connectivity index (χ4n) is 5.50. The van der Waals surface area contributed by atoms with Crippen molar-refractivity contribution in [2.45, 2.75) is 31.5 Å². The lowest BCUT2D eigenvalue weighted by Crippen LogP contribution is -2.49. The van der Waals surface area contributed by atoms with E-state index in [1.54, 1.807) is 47.4 Å². The third-order valence-corrected chi connectivity index (χ3v) is 9.05. The lowest BCUT2D eigenvalue weighted by atomic mass is 9.99. The van der Waals surface area contributed by atoms with Gasteiger partial charge in [0.2, 0.25) is 0 Å². The Hall–Kier alpha value is -5.15. The molecule has 6 rings (SSSR count). The van der Waals surface area contributed by atoms with E-state index in [1.807, 2.05) is 68.4 Å². The molecule has 1 aliphatic heterocycles. The van der Waals surface area contributed by atoms with Crippen LogP contribution in [0.1, 0.15) is 40.1 Å². The summed E-state index contributed by atoms with van der Waals surface area (Å²) in [6.07, 6.45) is -0.641. The van der Waals surface area contributed by atoms with Gasteiger partial charge in [0.05, 0.1) is 22.8 Å². The Labute approximate surface area is 262 Å². The summed E-state index contributed by atoms with van der Waals surface area (Å²) in [5.41, 5.74) is 4.52. The quantitative estimate of drug-likeness (QED) is 0.183. The van der Waals surface area contributed by atoms with Crippen LogP contribution >= 0.6 is 0 Å². The number of sulfonamides is 1. The highest BCUT2D eigenvalue weighted by atomic mass is 32.2. The lowest BCUT2D eigenvalue weighted by molar-refractivity contribution is 0.0968. The molecule has 0 radical (unpaired) electrons. The summed E-state index contributed by atoms with van der Waals surface area (Å²) in [7, 11) is -4.05. The van der Waals surface area contributed by atoms with Crippen LogP contribution in [0, 0.1) is 12.7 Å². The van der Waals surface area contributed by atoms with Crippen molar-refractivity contribution in [1.82, 2.24) is 0 Å². The van der Waals surface area contributed by atoms with Crippen molar-refractivity contribution in [3.8, 4) is 5.75 Å². The fraction of sp³-hybridized carbons (Fsp3) is 0.139. The second-order valence-corrected chi connectivity index (χ2v) is 12.5. The molecule has 1 heterocycles. The van der Waals surface area contributed by atoms with Crippen molar-refractivity contribution < 1.29 is 22.3 Å². The molecule has 0 saturated carbocycles. The van der Waals surface area contributed by atoms with Gasteiger partial charge in [0.15, 0.2) is 0 Å². The van der Waals surface area contributed by atoms with Gasteiger partial charge in [0.1, 0.15) is 17.7 Å². The Balaban J connectivity index is 1.48. The first kappa shape index (κ1) is 29.9. The molecule has 0 aliphatic carbocycles. The molecule has 5 aromatic carbocycles. The Morgan fingerprint density at radius 2 is 1.53 bits per heavy atom. The van der Waals surface area contributed by atoms with Gasteiger partial charge >= 0.3 is 0 Å². The zero-order valence-corrected chi connectivity index (χ0v) is 25.7. The molecule has 1 aliphatic rings. The van der Waals surface area contributed by atoms with Gasteiger partial charge in [-0.2, -0.15) is 0 Å². The molecule has 45 heavy (non-hydrogen) atoms. The topological polar surface area (TPSA) is 78.9 Å². The maximum Gasteiger partial charge on any atom is 0.262 e. The van der Waals surface area contributed by atoms with Crippen LogP contribution in [0.25, 0.3) is 0 Å². The minimum absolute atomic E-state index is 0.0489. The van der Waals surface area contributed by atoms with E-state index >= 15 is 0 Å². The summed E-state index contributed by atoms with van der Waals surface area (Å²) in [6, 6.07) is 34.7. The van der Waals surface area contributed by atoms with Crippen LogP contribution in [0.3, 0.4) is 0 Å². The van der Waals surface area contributed by atoms with Crippen molar-refractivity contribution in [3.05, 3.63) is 149 Å². The number of hydrogen-bond donors (Lipinski definition) is 1. The van der Waals surface area contributed by atoms with E-state index in [9.17, 15) is 17.6 Å². The number of nitrogens with one attached hydrogen (secondary N) is 1. The van der Waals surface area contributed by atoms with Crippen LogP contribution in [-0.2, 0) is 16.6 Å². The molecular weight excluding hydrogens is 589 g/mol. The van der Waals surface area contributed by atoms with Crippen LogP contribution in [0.2, 0.25) is 0 Å². The molecule has 1 atom stereocenters. The highest BCUT2D eigenvalue weighted by Gasteiger charge is 2.40. The monoisotopic (exact) mass is 621 g/mol. The third kappa shape index (κ3) is 6.25. The minimum atomic E-state index is -4.05. The second-order valence-electron chi connectivity index (χ2n) is 10.8. The Morgan fingerprint density at radius 1 is 0.844 bits per heavy atom. The summed E-state index contributed by atoms with van der Waals surface area (Å²) in [5.74, 6) is -0.122. The van der Waals surface area contributed by atoms with Gasteiger partial charge in [-0.3, -0.25) is 14.4 Å². The molecule has 0 bridgehead atoms. The molecule has 1 N–H and O–H groups in total. The molecule has 5 aromatic rings. The molecule has 0 unspecified atom stereocenters. The van der Waals surface area contributed by atoms with Crippen molar-refractivity contribution in [3.63, 3.8) is 0 Å². The number of nitrogens with zero attached hydrogens (tertiary/aromatic N) is 2. The minimum Gasteiger partial charge on any atom is -0.494 e. The number of fused-ring (bicyclic) bond motifs is 1. The van der Waals surface area contributed by atoms with E-state index in [0.717, 1.165) is 11.1 Å². The van der Waals surface area contributed by atoms with Crippen LogP contribution in [0.4, 0.5) is 21.5 Å². The standard InChI is InChI=1S/C36H32FN3O4S/c1-3-44-31-19-15-29(16-20-31)38-45(42,43)32-21-22-34-33(23-32)36(41)40(30-17-9-25(2)10-18-30)35(27-11-13-28(37)14-12-27)39(34)24-26-7-5-4-6-8-26/h4-23,35,38H,3,24H2,1-2H3/t35-/m1/s1. The summed E-state index contributed by atoms with van der Waals surface area (Å²) in [4.78, 5) is 18.1. The number of hydrogen-bond acceptors (Lipinski definition) is 5. The van der Waals surface area contributed by atoms with Crippen molar-refractivity contribution in [1.29, 1.82) is 0 Å². The van der Waals surface area contributed by atoms with Crippen LogP contribution in [0.15, 0.2) is 126 Å².